The van der Waals surface area contributed by atoms with E-state index in [2.05, 4.69) is 20.9 Å². The SMILES string of the molecule is Cc1nccc2cc(Br)cc(O)c12. The number of phenolic OH excluding ortho intramolecular Hbond substituents is 1. The quantitative estimate of drug-likeness (QED) is 0.765. The molecule has 0 aliphatic carbocycles. The monoisotopic (exact) mass is 237 g/mol. The minimum Gasteiger partial charge on any atom is -0.507 e. The first kappa shape index (κ1) is 8.51. The molecule has 13 heavy (non-hydrogen) atoms. The number of rotatable bonds is 0. The Morgan fingerprint density at radius 3 is 2.92 bits per heavy atom. The Hall–Kier alpha value is -1.09. The van der Waals surface area contributed by atoms with Crippen LogP contribution in [0.4, 0.5) is 0 Å². The van der Waals surface area contributed by atoms with Gasteiger partial charge in [0.25, 0.3) is 0 Å². The Morgan fingerprint density at radius 1 is 1.38 bits per heavy atom. The van der Waals surface area contributed by atoms with E-state index < -0.39 is 0 Å². The largest absolute Gasteiger partial charge is 0.507 e. The van der Waals surface area contributed by atoms with Crippen molar-refractivity contribution in [2.24, 2.45) is 0 Å². The lowest BCUT2D eigenvalue weighted by Crippen LogP contribution is -1.83. The number of hydrogen-bond acceptors (Lipinski definition) is 2. The van der Waals surface area contributed by atoms with Crippen LogP contribution in [0.5, 0.6) is 5.75 Å². The van der Waals surface area contributed by atoms with Crippen LogP contribution in [0.2, 0.25) is 0 Å². The van der Waals surface area contributed by atoms with E-state index in [1.165, 1.54) is 0 Å². The van der Waals surface area contributed by atoms with Crippen molar-refractivity contribution in [2.45, 2.75) is 6.92 Å². The van der Waals surface area contributed by atoms with Crippen LogP contribution in [0.1, 0.15) is 5.69 Å². The van der Waals surface area contributed by atoms with Gasteiger partial charge in [0, 0.05) is 21.7 Å². The number of fused-ring (bicyclic) bond motifs is 1. The summed E-state index contributed by atoms with van der Waals surface area (Å²) >= 11 is 3.33. The number of nitrogens with zero attached hydrogens (tertiary/aromatic N) is 1. The molecule has 1 N–H and O–H groups in total. The summed E-state index contributed by atoms with van der Waals surface area (Å²) in [5, 5.41) is 11.5. The van der Waals surface area contributed by atoms with Gasteiger partial charge in [-0.15, -0.1) is 0 Å². The standard InChI is InChI=1S/C10H8BrNO/c1-6-10-7(2-3-12-6)4-8(11)5-9(10)13/h2-5,13H,1H3. The lowest BCUT2D eigenvalue weighted by atomic mass is 10.1. The first-order valence-electron chi connectivity index (χ1n) is 3.92. The molecule has 2 rings (SSSR count). The Labute approximate surface area is 84.4 Å². The fraction of sp³-hybridized carbons (Fsp3) is 0.100. The summed E-state index contributed by atoms with van der Waals surface area (Å²) in [6.07, 6.45) is 1.74. The highest BCUT2D eigenvalue weighted by atomic mass is 79.9. The number of aromatic hydroxyl groups is 1. The van der Waals surface area contributed by atoms with E-state index in [0.717, 1.165) is 20.9 Å². The Kier molecular flexibility index (Phi) is 1.96. The topological polar surface area (TPSA) is 33.1 Å². The molecule has 0 aliphatic rings. The molecule has 0 radical (unpaired) electrons. The van der Waals surface area contributed by atoms with Gasteiger partial charge in [-0.2, -0.15) is 0 Å². The normalized spacial score (nSPS) is 10.6. The van der Waals surface area contributed by atoms with Crippen molar-refractivity contribution in [3.05, 3.63) is 34.6 Å². The van der Waals surface area contributed by atoms with Gasteiger partial charge in [-0.25, -0.2) is 0 Å². The maximum absolute atomic E-state index is 9.66. The highest BCUT2D eigenvalue weighted by Gasteiger charge is 2.04. The second-order valence-electron chi connectivity index (χ2n) is 2.92. The fourth-order valence-corrected chi connectivity index (χ4v) is 1.90. The van der Waals surface area contributed by atoms with Crippen molar-refractivity contribution in [1.82, 2.24) is 4.98 Å². The van der Waals surface area contributed by atoms with Crippen molar-refractivity contribution in [2.75, 3.05) is 0 Å². The predicted molar refractivity (Wildman–Crippen MR) is 55.8 cm³/mol. The van der Waals surface area contributed by atoms with E-state index in [1.807, 2.05) is 19.1 Å². The zero-order valence-electron chi connectivity index (χ0n) is 7.08. The molecule has 0 spiro atoms. The molecule has 3 heteroatoms. The molecule has 1 heterocycles. The van der Waals surface area contributed by atoms with Crippen molar-refractivity contribution in [3.63, 3.8) is 0 Å². The van der Waals surface area contributed by atoms with Crippen molar-refractivity contribution in [1.29, 1.82) is 0 Å². The van der Waals surface area contributed by atoms with Crippen LogP contribution >= 0.6 is 15.9 Å². The zero-order valence-corrected chi connectivity index (χ0v) is 8.67. The summed E-state index contributed by atoms with van der Waals surface area (Å²) in [7, 11) is 0. The second-order valence-corrected chi connectivity index (χ2v) is 3.84. The molecule has 66 valence electrons. The summed E-state index contributed by atoms with van der Waals surface area (Å²) < 4.78 is 0.878. The van der Waals surface area contributed by atoms with Crippen LogP contribution < -0.4 is 0 Å². The molecule has 0 fully saturated rings. The van der Waals surface area contributed by atoms with E-state index >= 15 is 0 Å². The summed E-state index contributed by atoms with van der Waals surface area (Å²) in [6, 6.07) is 5.52. The molecule has 0 aliphatic heterocycles. The summed E-state index contributed by atoms with van der Waals surface area (Å²) in [4.78, 5) is 4.12. The predicted octanol–water partition coefficient (Wildman–Crippen LogP) is 3.01. The summed E-state index contributed by atoms with van der Waals surface area (Å²) in [5.41, 5.74) is 0.850. The Bertz CT molecular complexity index is 468. The number of halogens is 1. The Morgan fingerprint density at radius 2 is 2.15 bits per heavy atom. The highest BCUT2D eigenvalue weighted by molar-refractivity contribution is 9.10. The van der Waals surface area contributed by atoms with Crippen LogP contribution in [-0.2, 0) is 0 Å². The minimum absolute atomic E-state index is 0.273. The molecule has 0 atom stereocenters. The molecule has 2 aromatic rings. The third-order valence-electron chi connectivity index (χ3n) is 2.00. The van der Waals surface area contributed by atoms with Gasteiger partial charge >= 0.3 is 0 Å². The average Bonchev–Trinajstić information content (AvgIpc) is 2.02. The van der Waals surface area contributed by atoms with Crippen LogP contribution in [0.15, 0.2) is 28.9 Å². The lowest BCUT2D eigenvalue weighted by molar-refractivity contribution is 0.481. The molecule has 1 aromatic heterocycles. The van der Waals surface area contributed by atoms with E-state index in [-0.39, 0.29) is 5.75 Å². The van der Waals surface area contributed by atoms with Crippen LogP contribution in [-0.4, -0.2) is 10.1 Å². The number of pyridine rings is 1. The van der Waals surface area contributed by atoms with Gasteiger partial charge in [0.15, 0.2) is 0 Å². The van der Waals surface area contributed by atoms with Gasteiger partial charge < -0.3 is 5.11 Å². The number of hydrogen-bond donors (Lipinski definition) is 1. The van der Waals surface area contributed by atoms with Gasteiger partial charge in [-0.05, 0) is 30.5 Å². The third-order valence-corrected chi connectivity index (χ3v) is 2.45. The number of phenols is 1. The Balaban J connectivity index is 2.94. The number of aryl methyl sites for hydroxylation is 1. The van der Waals surface area contributed by atoms with E-state index in [9.17, 15) is 5.11 Å². The van der Waals surface area contributed by atoms with Gasteiger partial charge in [-0.1, -0.05) is 15.9 Å². The maximum atomic E-state index is 9.66. The maximum Gasteiger partial charge on any atom is 0.126 e. The summed E-state index contributed by atoms with van der Waals surface area (Å²) in [6.45, 7) is 1.88. The van der Waals surface area contributed by atoms with Gasteiger partial charge in [0.1, 0.15) is 5.75 Å². The number of aromatic nitrogens is 1. The smallest absolute Gasteiger partial charge is 0.126 e. The molecule has 0 saturated heterocycles. The van der Waals surface area contributed by atoms with Crippen LogP contribution in [0, 0.1) is 6.92 Å². The van der Waals surface area contributed by atoms with E-state index in [0.29, 0.717) is 0 Å². The first-order valence-corrected chi connectivity index (χ1v) is 4.71. The molecular formula is C10H8BrNO. The van der Waals surface area contributed by atoms with Crippen molar-refractivity contribution < 1.29 is 5.11 Å². The van der Waals surface area contributed by atoms with Gasteiger partial charge in [0.2, 0.25) is 0 Å². The van der Waals surface area contributed by atoms with E-state index in [1.54, 1.807) is 12.3 Å². The molecule has 0 bridgehead atoms. The van der Waals surface area contributed by atoms with Crippen LogP contribution in [0.25, 0.3) is 10.8 Å². The molecular weight excluding hydrogens is 230 g/mol. The molecule has 0 unspecified atom stereocenters. The molecule has 1 aromatic carbocycles. The van der Waals surface area contributed by atoms with Gasteiger partial charge in [0.05, 0.1) is 0 Å². The first-order chi connectivity index (χ1) is 6.18. The van der Waals surface area contributed by atoms with E-state index in [4.69, 9.17) is 0 Å². The van der Waals surface area contributed by atoms with Crippen molar-refractivity contribution in [3.8, 4) is 5.75 Å². The lowest BCUT2D eigenvalue weighted by Gasteiger charge is -2.03. The average molecular weight is 238 g/mol. The van der Waals surface area contributed by atoms with Gasteiger partial charge in [-0.3, -0.25) is 4.98 Å². The third kappa shape index (κ3) is 1.40. The zero-order chi connectivity index (χ0) is 9.42. The second kappa shape index (κ2) is 3.00. The number of benzene rings is 1. The molecule has 0 saturated carbocycles. The molecule has 0 amide bonds. The van der Waals surface area contributed by atoms with Crippen LogP contribution in [0.3, 0.4) is 0 Å². The fourth-order valence-electron chi connectivity index (χ4n) is 1.43. The summed E-state index contributed by atoms with van der Waals surface area (Å²) in [5.74, 6) is 0.273. The molecule has 2 nitrogen and oxygen atoms in total. The van der Waals surface area contributed by atoms with Crippen molar-refractivity contribution >= 4 is 26.7 Å². The highest BCUT2D eigenvalue weighted by Crippen LogP contribution is 2.30. The minimum atomic E-state index is 0.273.